The van der Waals surface area contributed by atoms with Gasteiger partial charge >= 0.3 is 0 Å². The highest BCUT2D eigenvalue weighted by molar-refractivity contribution is 5.93. The first-order chi connectivity index (χ1) is 9.54. The summed E-state index contributed by atoms with van der Waals surface area (Å²) in [5, 5.41) is 2.92. The minimum Gasteiger partial charge on any atom is -0.399 e. The zero-order chi connectivity index (χ0) is 14.5. The van der Waals surface area contributed by atoms with E-state index in [4.69, 9.17) is 10.5 Å². The number of hydrogen-bond acceptors (Lipinski definition) is 4. The second-order valence-corrected chi connectivity index (χ2v) is 5.45. The number of carbonyl (C=O) groups excluding carboxylic acids is 1. The van der Waals surface area contributed by atoms with Crippen molar-refractivity contribution in [3.63, 3.8) is 0 Å². The number of aryl methyl sites for hydroxylation is 1. The molecule has 1 saturated heterocycles. The Kier molecular flexibility index (Phi) is 4.98. The van der Waals surface area contributed by atoms with E-state index in [9.17, 15) is 4.79 Å². The summed E-state index contributed by atoms with van der Waals surface area (Å²) in [6.45, 7) is 3.94. The molecule has 5 nitrogen and oxygen atoms in total. The van der Waals surface area contributed by atoms with E-state index in [0.717, 1.165) is 37.2 Å². The van der Waals surface area contributed by atoms with E-state index in [1.54, 1.807) is 6.07 Å². The Labute approximate surface area is 120 Å². The number of carbonyl (C=O) groups is 1. The molecule has 3 N–H and O–H groups in total. The maximum absolute atomic E-state index is 12.0. The van der Waals surface area contributed by atoms with E-state index in [2.05, 4.69) is 5.32 Å². The van der Waals surface area contributed by atoms with Crippen LogP contribution in [0.25, 0.3) is 0 Å². The van der Waals surface area contributed by atoms with Crippen LogP contribution >= 0.6 is 0 Å². The van der Waals surface area contributed by atoms with Crippen LogP contribution in [0.2, 0.25) is 0 Å². The fraction of sp³-hybridized carbons (Fsp3) is 0.533. The van der Waals surface area contributed by atoms with Crippen molar-refractivity contribution >= 4 is 17.3 Å². The lowest BCUT2D eigenvalue weighted by atomic mass is 10.2. The normalized spacial score (nSPS) is 18.4. The maximum atomic E-state index is 12.0. The maximum Gasteiger partial charge on any atom is 0.238 e. The van der Waals surface area contributed by atoms with Crippen molar-refractivity contribution in [2.75, 3.05) is 37.8 Å². The van der Waals surface area contributed by atoms with E-state index in [1.165, 1.54) is 0 Å². The van der Waals surface area contributed by atoms with Gasteiger partial charge in [-0.2, -0.15) is 0 Å². The van der Waals surface area contributed by atoms with Crippen LogP contribution in [-0.4, -0.2) is 43.7 Å². The van der Waals surface area contributed by atoms with Crippen molar-refractivity contribution in [2.24, 2.45) is 0 Å². The predicted octanol–water partition coefficient (Wildman–Crippen LogP) is 1.63. The van der Waals surface area contributed by atoms with Crippen LogP contribution in [0.1, 0.15) is 18.4 Å². The van der Waals surface area contributed by atoms with Gasteiger partial charge in [0.1, 0.15) is 0 Å². The van der Waals surface area contributed by atoms with Crippen LogP contribution < -0.4 is 11.1 Å². The number of nitrogens with zero attached hydrogens (tertiary/aromatic N) is 1. The van der Waals surface area contributed by atoms with Crippen LogP contribution in [0.5, 0.6) is 0 Å². The van der Waals surface area contributed by atoms with Crippen LogP contribution in [0.15, 0.2) is 18.2 Å². The number of anilines is 2. The van der Waals surface area contributed by atoms with E-state index in [1.807, 2.05) is 31.0 Å². The minimum atomic E-state index is -0.0154. The Bertz CT molecular complexity index is 470. The lowest BCUT2D eigenvalue weighted by Crippen LogP contribution is -2.35. The minimum absolute atomic E-state index is 0.0154. The van der Waals surface area contributed by atoms with Gasteiger partial charge in [0, 0.05) is 24.5 Å². The monoisotopic (exact) mass is 277 g/mol. The third kappa shape index (κ3) is 4.21. The Morgan fingerprint density at radius 1 is 1.55 bits per heavy atom. The Balaban J connectivity index is 1.82. The second kappa shape index (κ2) is 6.72. The Hall–Kier alpha value is -1.59. The number of hydrogen-bond donors (Lipinski definition) is 2. The topological polar surface area (TPSA) is 67.6 Å². The molecule has 1 aliphatic heterocycles. The number of likely N-dealkylation sites (N-methyl/N-ethyl adjacent to an activating group) is 1. The molecule has 1 unspecified atom stereocenters. The van der Waals surface area contributed by atoms with Crippen molar-refractivity contribution in [1.29, 1.82) is 0 Å². The first kappa shape index (κ1) is 14.8. The van der Waals surface area contributed by atoms with Crippen molar-refractivity contribution in [3.8, 4) is 0 Å². The lowest BCUT2D eigenvalue weighted by Gasteiger charge is -2.20. The molecule has 1 aromatic rings. The molecule has 20 heavy (non-hydrogen) atoms. The average Bonchev–Trinajstić information content (AvgIpc) is 2.85. The first-order valence-electron chi connectivity index (χ1n) is 7.00. The Morgan fingerprint density at radius 3 is 3.00 bits per heavy atom. The molecule has 1 atom stereocenters. The number of benzene rings is 1. The SMILES string of the molecule is Cc1cc(N)ccc1NC(=O)CN(C)CC1CCCO1. The number of rotatable bonds is 5. The summed E-state index contributed by atoms with van der Waals surface area (Å²) in [5.74, 6) is -0.0154. The number of ether oxygens (including phenoxy) is 1. The zero-order valence-electron chi connectivity index (χ0n) is 12.2. The molecular weight excluding hydrogens is 254 g/mol. The van der Waals surface area contributed by atoms with Gasteiger partial charge in [0.15, 0.2) is 0 Å². The molecular formula is C15H23N3O2. The quantitative estimate of drug-likeness (QED) is 0.803. The van der Waals surface area contributed by atoms with Crippen LogP contribution in [0.4, 0.5) is 11.4 Å². The molecule has 2 rings (SSSR count). The molecule has 5 heteroatoms. The van der Waals surface area contributed by atoms with Crippen molar-refractivity contribution in [2.45, 2.75) is 25.9 Å². The summed E-state index contributed by atoms with van der Waals surface area (Å²) in [4.78, 5) is 14.0. The molecule has 0 bridgehead atoms. The summed E-state index contributed by atoms with van der Waals surface area (Å²) in [6, 6.07) is 5.48. The molecule has 1 fully saturated rings. The van der Waals surface area contributed by atoms with Gasteiger partial charge in [0.2, 0.25) is 5.91 Å². The molecule has 0 radical (unpaired) electrons. The van der Waals surface area contributed by atoms with E-state index >= 15 is 0 Å². The summed E-state index contributed by atoms with van der Waals surface area (Å²) >= 11 is 0. The number of nitrogens with one attached hydrogen (secondary N) is 1. The largest absolute Gasteiger partial charge is 0.399 e. The highest BCUT2D eigenvalue weighted by atomic mass is 16.5. The summed E-state index contributed by atoms with van der Waals surface area (Å²) in [7, 11) is 1.94. The summed E-state index contributed by atoms with van der Waals surface area (Å²) < 4.78 is 5.57. The van der Waals surface area contributed by atoms with Crippen molar-refractivity contribution < 1.29 is 9.53 Å². The lowest BCUT2D eigenvalue weighted by molar-refractivity contribution is -0.117. The van der Waals surface area contributed by atoms with Crippen LogP contribution in [0.3, 0.4) is 0 Å². The number of amides is 1. The van der Waals surface area contributed by atoms with Gasteiger partial charge in [-0.1, -0.05) is 0 Å². The van der Waals surface area contributed by atoms with Crippen molar-refractivity contribution in [3.05, 3.63) is 23.8 Å². The van der Waals surface area contributed by atoms with Crippen LogP contribution in [0, 0.1) is 6.92 Å². The molecule has 1 aromatic carbocycles. The smallest absolute Gasteiger partial charge is 0.238 e. The molecule has 1 amide bonds. The van der Waals surface area contributed by atoms with Crippen molar-refractivity contribution in [1.82, 2.24) is 4.90 Å². The fourth-order valence-electron chi connectivity index (χ4n) is 2.46. The summed E-state index contributed by atoms with van der Waals surface area (Å²) in [6.07, 6.45) is 2.48. The molecule has 0 aliphatic carbocycles. The molecule has 0 spiro atoms. The molecule has 0 aromatic heterocycles. The van der Waals surface area contributed by atoms with Gasteiger partial charge < -0.3 is 15.8 Å². The number of nitrogens with two attached hydrogens (primary N) is 1. The number of nitrogen functional groups attached to an aromatic ring is 1. The summed E-state index contributed by atoms with van der Waals surface area (Å²) in [5.41, 5.74) is 8.19. The first-order valence-corrected chi connectivity index (χ1v) is 7.00. The zero-order valence-corrected chi connectivity index (χ0v) is 12.2. The second-order valence-electron chi connectivity index (χ2n) is 5.45. The van der Waals surface area contributed by atoms with Gasteiger partial charge in [0.25, 0.3) is 0 Å². The highest BCUT2D eigenvalue weighted by Gasteiger charge is 2.18. The van der Waals surface area contributed by atoms with E-state index in [0.29, 0.717) is 12.2 Å². The average molecular weight is 277 g/mol. The molecule has 1 heterocycles. The van der Waals surface area contributed by atoms with Gasteiger partial charge in [-0.05, 0) is 50.6 Å². The molecule has 0 saturated carbocycles. The van der Waals surface area contributed by atoms with E-state index < -0.39 is 0 Å². The molecule has 110 valence electrons. The van der Waals surface area contributed by atoms with E-state index in [-0.39, 0.29) is 12.0 Å². The van der Waals surface area contributed by atoms with Crippen LogP contribution in [-0.2, 0) is 9.53 Å². The standard InChI is InChI=1S/C15H23N3O2/c1-11-8-12(16)5-6-14(11)17-15(19)10-18(2)9-13-4-3-7-20-13/h5-6,8,13H,3-4,7,9-10,16H2,1-2H3,(H,17,19). The fourth-order valence-corrected chi connectivity index (χ4v) is 2.46. The van der Waals surface area contributed by atoms with Gasteiger partial charge in [0.05, 0.1) is 12.6 Å². The third-order valence-corrected chi connectivity index (χ3v) is 3.48. The predicted molar refractivity (Wildman–Crippen MR) is 80.7 cm³/mol. The van der Waals surface area contributed by atoms with Gasteiger partial charge in [-0.3, -0.25) is 9.69 Å². The highest BCUT2D eigenvalue weighted by Crippen LogP contribution is 2.17. The third-order valence-electron chi connectivity index (χ3n) is 3.48. The van der Waals surface area contributed by atoms with Gasteiger partial charge in [-0.15, -0.1) is 0 Å². The molecule has 1 aliphatic rings. The van der Waals surface area contributed by atoms with Gasteiger partial charge in [-0.25, -0.2) is 0 Å². The Morgan fingerprint density at radius 2 is 2.35 bits per heavy atom.